The van der Waals surface area contributed by atoms with Crippen LogP contribution in [0, 0.1) is 0 Å². The topological polar surface area (TPSA) is 103 Å². The summed E-state index contributed by atoms with van der Waals surface area (Å²) >= 11 is 0. The summed E-state index contributed by atoms with van der Waals surface area (Å²) < 4.78 is 41.2. The minimum absolute atomic E-state index is 0.0114. The molecule has 0 radical (unpaired) electrons. The highest BCUT2D eigenvalue weighted by Crippen LogP contribution is 2.28. The van der Waals surface area contributed by atoms with E-state index >= 15 is 0 Å². The molecule has 0 aliphatic carbocycles. The van der Waals surface area contributed by atoms with Crippen molar-refractivity contribution in [1.29, 1.82) is 0 Å². The van der Waals surface area contributed by atoms with Crippen LogP contribution in [0.2, 0.25) is 0 Å². The molecular formula is C25H29F2N7O3. The van der Waals surface area contributed by atoms with Gasteiger partial charge in [0.05, 0.1) is 7.11 Å². The number of alkyl halides is 2. The number of hydrogen-bond donors (Lipinski definition) is 1. The normalized spacial score (nSPS) is 14.6. The third-order valence-electron chi connectivity index (χ3n) is 6.51. The second kappa shape index (κ2) is 10.2. The molecule has 0 unspecified atom stereocenters. The van der Waals surface area contributed by atoms with Crippen LogP contribution in [0.3, 0.4) is 0 Å². The van der Waals surface area contributed by atoms with Gasteiger partial charge in [0.15, 0.2) is 22.8 Å². The Labute approximate surface area is 211 Å². The number of nitrogens with one attached hydrogen (secondary N) is 1. The van der Waals surface area contributed by atoms with Gasteiger partial charge in [-0.05, 0) is 18.6 Å². The summed E-state index contributed by atoms with van der Waals surface area (Å²) in [5.41, 5.74) is 0.999. The lowest BCUT2D eigenvalue weighted by Crippen LogP contribution is -2.38. The van der Waals surface area contributed by atoms with E-state index in [0.717, 1.165) is 41.9 Å². The van der Waals surface area contributed by atoms with Gasteiger partial charge >= 0.3 is 0 Å². The fraction of sp³-hybridized carbons (Fsp3) is 0.440. The van der Waals surface area contributed by atoms with Crippen LogP contribution in [0.1, 0.15) is 38.4 Å². The molecule has 0 atom stereocenters. The number of methoxy groups -OCH3 is 1. The number of H-pyrrole nitrogens is 1. The quantitative estimate of drug-likeness (QED) is 0.381. The first-order valence-corrected chi connectivity index (χ1v) is 12.3. The van der Waals surface area contributed by atoms with Gasteiger partial charge in [-0.25, -0.2) is 23.4 Å². The Kier molecular flexibility index (Phi) is 6.81. The summed E-state index contributed by atoms with van der Waals surface area (Å²) in [6.45, 7) is 3.64. The molecule has 1 fully saturated rings. The van der Waals surface area contributed by atoms with Crippen molar-refractivity contribution < 1.29 is 18.3 Å². The smallest absolute Gasteiger partial charge is 0.295 e. The van der Waals surface area contributed by atoms with Crippen molar-refractivity contribution >= 4 is 16.9 Å². The van der Waals surface area contributed by atoms with Gasteiger partial charge in [0.25, 0.3) is 12.0 Å². The number of aryl methyl sites for hydroxylation is 1. The fourth-order valence-electron chi connectivity index (χ4n) is 4.62. The zero-order valence-corrected chi connectivity index (χ0v) is 20.9. The van der Waals surface area contributed by atoms with Crippen molar-refractivity contribution in [2.75, 3.05) is 25.1 Å². The molecule has 10 nitrogen and oxygen atoms in total. The molecule has 1 saturated heterocycles. The van der Waals surface area contributed by atoms with Crippen LogP contribution in [-0.2, 0) is 13.6 Å². The van der Waals surface area contributed by atoms with Crippen LogP contribution in [0.25, 0.3) is 22.7 Å². The van der Waals surface area contributed by atoms with Crippen molar-refractivity contribution in [2.45, 2.75) is 45.3 Å². The summed E-state index contributed by atoms with van der Waals surface area (Å²) in [7, 11) is 3.42. The van der Waals surface area contributed by atoms with Gasteiger partial charge in [-0.3, -0.25) is 9.36 Å². The molecule has 0 saturated carbocycles. The average molecular weight is 514 g/mol. The lowest BCUT2D eigenvalue weighted by molar-refractivity contribution is 0.133. The van der Waals surface area contributed by atoms with Crippen molar-refractivity contribution in [2.24, 2.45) is 7.05 Å². The van der Waals surface area contributed by atoms with Gasteiger partial charge in [-0.15, -0.1) is 0 Å². The molecule has 1 aliphatic rings. The molecule has 37 heavy (non-hydrogen) atoms. The van der Waals surface area contributed by atoms with E-state index in [9.17, 15) is 13.6 Å². The summed E-state index contributed by atoms with van der Waals surface area (Å²) in [4.78, 5) is 26.3. The van der Waals surface area contributed by atoms with Gasteiger partial charge in [0.2, 0.25) is 5.88 Å². The third-order valence-corrected chi connectivity index (χ3v) is 6.51. The lowest BCUT2D eigenvalue weighted by Gasteiger charge is -2.33. The van der Waals surface area contributed by atoms with E-state index in [1.54, 1.807) is 24.9 Å². The largest absolute Gasteiger partial charge is 0.497 e. The molecule has 1 aliphatic heterocycles. The second-order valence-electron chi connectivity index (χ2n) is 9.01. The van der Waals surface area contributed by atoms with E-state index in [4.69, 9.17) is 9.47 Å². The molecule has 3 aromatic heterocycles. The van der Waals surface area contributed by atoms with Crippen molar-refractivity contribution in [3.63, 3.8) is 0 Å². The van der Waals surface area contributed by atoms with E-state index in [1.165, 1.54) is 0 Å². The highest BCUT2D eigenvalue weighted by atomic mass is 19.3. The molecule has 0 spiro atoms. The zero-order chi connectivity index (χ0) is 26.1. The number of halogens is 2. The standard InChI is InChI=1S/C25H29F2N7O3/c1-4-10-34-24(21(26)27)30-23-20(25(34)35)28-22(29-23)18-14-19(32(2)31-18)37-16-8-11-33(12-9-16)15-6-5-7-17(13-15)36-3/h5-7,13-14,16,21H,4,8-12H2,1-3H3,(H,28,29). The number of nitrogens with zero attached hydrogens (tertiary/aromatic N) is 6. The number of imidazole rings is 1. The Balaban J connectivity index is 1.32. The second-order valence-corrected chi connectivity index (χ2v) is 9.01. The van der Waals surface area contributed by atoms with Crippen LogP contribution in [-0.4, -0.2) is 55.6 Å². The maximum atomic E-state index is 13.5. The first-order chi connectivity index (χ1) is 17.9. The molecule has 4 aromatic rings. The summed E-state index contributed by atoms with van der Waals surface area (Å²) in [5, 5.41) is 4.46. The number of rotatable bonds is 8. The van der Waals surface area contributed by atoms with Crippen LogP contribution in [0.15, 0.2) is 35.1 Å². The number of aromatic amines is 1. The Morgan fingerprint density at radius 1 is 1.19 bits per heavy atom. The van der Waals surface area contributed by atoms with Crippen molar-refractivity contribution in [1.82, 2.24) is 29.3 Å². The molecule has 1 aromatic carbocycles. The molecular weight excluding hydrogens is 484 g/mol. The predicted octanol–water partition coefficient (Wildman–Crippen LogP) is 3.92. The molecule has 12 heteroatoms. The Bertz CT molecular complexity index is 1450. The molecule has 5 rings (SSSR count). The first kappa shape index (κ1) is 24.7. The highest BCUT2D eigenvalue weighted by molar-refractivity contribution is 5.74. The SMILES string of the molecule is CCCn1c(C(F)F)nc2nc(-c3cc(OC4CCN(c5cccc(OC)c5)CC4)n(C)n3)[nH]c2c1=O. The van der Waals surface area contributed by atoms with Gasteiger partial charge in [0, 0.05) is 57.3 Å². The molecule has 0 bridgehead atoms. The number of piperidine rings is 1. The number of ether oxygens (including phenoxy) is 2. The highest BCUT2D eigenvalue weighted by Gasteiger charge is 2.24. The van der Waals surface area contributed by atoms with Crippen LogP contribution in [0.5, 0.6) is 11.6 Å². The Hall–Kier alpha value is -3.96. The maximum absolute atomic E-state index is 13.5. The van der Waals surface area contributed by atoms with E-state index in [1.807, 2.05) is 25.1 Å². The lowest BCUT2D eigenvalue weighted by atomic mass is 10.1. The number of anilines is 1. The summed E-state index contributed by atoms with van der Waals surface area (Å²) in [5.74, 6) is 1.07. The van der Waals surface area contributed by atoms with E-state index in [-0.39, 0.29) is 29.6 Å². The van der Waals surface area contributed by atoms with Gasteiger partial charge in [-0.2, -0.15) is 5.10 Å². The summed E-state index contributed by atoms with van der Waals surface area (Å²) in [6, 6.07) is 9.73. The monoisotopic (exact) mass is 513 g/mol. The van der Waals surface area contributed by atoms with Crippen LogP contribution < -0.4 is 19.9 Å². The summed E-state index contributed by atoms with van der Waals surface area (Å²) in [6.07, 6.45) is -0.682. The van der Waals surface area contributed by atoms with Crippen molar-refractivity contribution in [3.05, 3.63) is 46.5 Å². The minimum atomic E-state index is -2.88. The number of aromatic nitrogens is 6. The third kappa shape index (κ3) is 4.87. The zero-order valence-electron chi connectivity index (χ0n) is 20.9. The number of hydrogen-bond acceptors (Lipinski definition) is 7. The predicted molar refractivity (Wildman–Crippen MR) is 134 cm³/mol. The molecule has 1 N–H and O–H groups in total. The van der Waals surface area contributed by atoms with Gasteiger partial charge < -0.3 is 19.4 Å². The Morgan fingerprint density at radius 3 is 2.68 bits per heavy atom. The molecule has 0 amide bonds. The van der Waals surface area contributed by atoms with E-state index in [0.29, 0.717) is 18.0 Å². The number of benzene rings is 1. The van der Waals surface area contributed by atoms with E-state index in [2.05, 4.69) is 31.0 Å². The fourth-order valence-corrected chi connectivity index (χ4v) is 4.62. The Morgan fingerprint density at radius 2 is 1.97 bits per heavy atom. The van der Waals surface area contributed by atoms with Crippen molar-refractivity contribution in [3.8, 4) is 23.1 Å². The number of fused-ring (bicyclic) bond motifs is 1. The average Bonchev–Trinajstić information content (AvgIpc) is 3.50. The molecule has 4 heterocycles. The maximum Gasteiger partial charge on any atom is 0.295 e. The van der Waals surface area contributed by atoms with Crippen LogP contribution in [0.4, 0.5) is 14.5 Å². The molecule has 196 valence electrons. The van der Waals surface area contributed by atoms with Gasteiger partial charge in [-0.1, -0.05) is 13.0 Å². The van der Waals surface area contributed by atoms with Crippen LogP contribution >= 0.6 is 0 Å². The van der Waals surface area contributed by atoms with Gasteiger partial charge in [0.1, 0.15) is 17.5 Å². The minimum Gasteiger partial charge on any atom is -0.497 e. The van der Waals surface area contributed by atoms with E-state index < -0.39 is 17.8 Å². The first-order valence-electron chi connectivity index (χ1n) is 12.3.